The molecule has 0 fully saturated rings. The number of carbonyl (C=O) groups is 1. The van der Waals surface area contributed by atoms with Gasteiger partial charge in [-0.2, -0.15) is 4.99 Å². The van der Waals surface area contributed by atoms with Crippen LogP contribution in [0.4, 0.5) is 0 Å². The van der Waals surface area contributed by atoms with Gasteiger partial charge >= 0.3 is 0 Å². The molecule has 4 rings (SSSR count). The molecule has 1 amide bonds. The third-order valence-corrected chi connectivity index (χ3v) is 5.36. The van der Waals surface area contributed by atoms with Gasteiger partial charge in [0.1, 0.15) is 0 Å². The fraction of sp³-hybridized carbons (Fsp3) is 0.143. The summed E-state index contributed by atoms with van der Waals surface area (Å²) in [4.78, 5) is 26.2. The molecule has 0 aliphatic carbocycles. The van der Waals surface area contributed by atoms with Crippen LogP contribution in [-0.2, 0) is 13.0 Å². The lowest BCUT2D eigenvalue weighted by molar-refractivity contribution is 0.0998. The Morgan fingerprint density at radius 2 is 2.00 bits per heavy atom. The SMILES string of the molecule is C#CCn1c(=NC(=O)c2ccc3nccnc3c2)sc2cc(CC)ccc21. The molecule has 0 aliphatic rings. The zero-order chi connectivity index (χ0) is 18.8. The van der Waals surface area contributed by atoms with Crippen molar-refractivity contribution in [3.8, 4) is 12.3 Å². The topological polar surface area (TPSA) is 60.1 Å². The fourth-order valence-corrected chi connectivity index (χ4v) is 4.01. The van der Waals surface area contributed by atoms with Gasteiger partial charge in [-0.05, 0) is 42.3 Å². The summed E-state index contributed by atoms with van der Waals surface area (Å²) in [6.07, 6.45) is 9.71. The van der Waals surface area contributed by atoms with Crippen molar-refractivity contribution < 1.29 is 4.79 Å². The lowest BCUT2D eigenvalue weighted by Crippen LogP contribution is -2.16. The average molecular weight is 372 g/mol. The molecule has 5 nitrogen and oxygen atoms in total. The maximum absolute atomic E-state index is 12.7. The summed E-state index contributed by atoms with van der Waals surface area (Å²) in [5.74, 6) is 2.32. The molecular weight excluding hydrogens is 356 g/mol. The Hall–Kier alpha value is -3.30. The van der Waals surface area contributed by atoms with Crippen LogP contribution in [0.1, 0.15) is 22.8 Å². The van der Waals surface area contributed by atoms with E-state index in [0.717, 1.165) is 22.2 Å². The zero-order valence-electron chi connectivity index (χ0n) is 14.7. The first-order valence-electron chi connectivity index (χ1n) is 8.55. The lowest BCUT2D eigenvalue weighted by Gasteiger charge is -2.01. The normalized spacial score (nSPS) is 11.8. The first-order chi connectivity index (χ1) is 13.2. The van der Waals surface area contributed by atoms with Crippen LogP contribution in [0.3, 0.4) is 0 Å². The number of amides is 1. The number of fused-ring (bicyclic) bond motifs is 2. The highest BCUT2D eigenvalue weighted by molar-refractivity contribution is 7.16. The Morgan fingerprint density at radius 3 is 2.78 bits per heavy atom. The number of hydrogen-bond donors (Lipinski definition) is 0. The molecule has 132 valence electrons. The second kappa shape index (κ2) is 7.14. The van der Waals surface area contributed by atoms with E-state index in [1.54, 1.807) is 30.6 Å². The molecule has 2 aromatic heterocycles. The van der Waals surface area contributed by atoms with Gasteiger partial charge in [0, 0.05) is 18.0 Å². The van der Waals surface area contributed by atoms with E-state index in [1.807, 2.05) is 10.6 Å². The smallest absolute Gasteiger partial charge is 0.279 e. The van der Waals surface area contributed by atoms with Crippen molar-refractivity contribution in [1.29, 1.82) is 0 Å². The molecule has 27 heavy (non-hydrogen) atoms. The van der Waals surface area contributed by atoms with Crippen molar-refractivity contribution in [3.05, 3.63) is 64.7 Å². The molecule has 0 N–H and O–H groups in total. The van der Waals surface area contributed by atoms with E-state index in [2.05, 4.69) is 39.9 Å². The predicted molar refractivity (Wildman–Crippen MR) is 107 cm³/mol. The van der Waals surface area contributed by atoms with Crippen LogP contribution in [0.15, 0.2) is 53.8 Å². The Morgan fingerprint density at radius 1 is 1.19 bits per heavy atom. The lowest BCUT2D eigenvalue weighted by atomic mass is 10.2. The van der Waals surface area contributed by atoms with Crippen LogP contribution in [0, 0.1) is 12.3 Å². The summed E-state index contributed by atoms with van der Waals surface area (Å²) in [6.45, 7) is 2.47. The molecule has 6 heteroatoms. The molecule has 0 radical (unpaired) electrons. The van der Waals surface area contributed by atoms with Gasteiger partial charge < -0.3 is 4.57 Å². The average Bonchev–Trinajstić information content (AvgIpc) is 3.04. The molecule has 0 spiro atoms. The van der Waals surface area contributed by atoms with Crippen molar-refractivity contribution in [1.82, 2.24) is 14.5 Å². The number of hydrogen-bond acceptors (Lipinski definition) is 4. The quantitative estimate of drug-likeness (QED) is 0.517. The van der Waals surface area contributed by atoms with Crippen LogP contribution in [-0.4, -0.2) is 20.4 Å². The molecule has 0 saturated carbocycles. The first-order valence-corrected chi connectivity index (χ1v) is 9.37. The molecular formula is C21H16N4OS. The molecule has 0 aliphatic heterocycles. The maximum atomic E-state index is 12.7. The highest BCUT2D eigenvalue weighted by Crippen LogP contribution is 2.20. The number of nitrogens with zero attached hydrogens (tertiary/aromatic N) is 4. The van der Waals surface area contributed by atoms with E-state index in [0.29, 0.717) is 22.4 Å². The van der Waals surface area contributed by atoms with E-state index >= 15 is 0 Å². The minimum absolute atomic E-state index is 0.324. The molecule has 0 bridgehead atoms. The third kappa shape index (κ3) is 3.25. The maximum Gasteiger partial charge on any atom is 0.279 e. The number of aryl methyl sites for hydroxylation is 1. The van der Waals surface area contributed by atoms with E-state index < -0.39 is 0 Å². The van der Waals surface area contributed by atoms with Crippen molar-refractivity contribution in [3.63, 3.8) is 0 Å². The second-order valence-corrected chi connectivity index (χ2v) is 7.02. The Labute approximate surface area is 160 Å². The van der Waals surface area contributed by atoms with Gasteiger partial charge in [0.2, 0.25) is 0 Å². The summed E-state index contributed by atoms with van der Waals surface area (Å²) in [7, 11) is 0. The van der Waals surface area contributed by atoms with Gasteiger partial charge in [0.05, 0.1) is 27.8 Å². The van der Waals surface area contributed by atoms with Crippen LogP contribution in [0.2, 0.25) is 0 Å². The van der Waals surface area contributed by atoms with Gasteiger partial charge in [0.15, 0.2) is 4.80 Å². The molecule has 2 aromatic carbocycles. The predicted octanol–water partition coefficient (Wildman–Crippen LogP) is 3.58. The number of rotatable bonds is 3. The largest absolute Gasteiger partial charge is 0.305 e. The summed E-state index contributed by atoms with van der Waals surface area (Å²) in [5, 5.41) is 0. The molecule has 0 atom stereocenters. The van der Waals surface area contributed by atoms with E-state index in [9.17, 15) is 4.79 Å². The standard InChI is InChI=1S/C21H16N4OS/c1-3-11-25-18-8-5-14(4-2)12-19(18)27-21(25)24-20(26)15-6-7-16-17(13-15)23-10-9-22-16/h1,5-10,12-13H,4,11H2,2H3. The van der Waals surface area contributed by atoms with Gasteiger partial charge in [-0.3, -0.25) is 14.8 Å². The molecule has 0 saturated heterocycles. The van der Waals surface area contributed by atoms with E-state index in [-0.39, 0.29) is 5.91 Å². The minimum atomic E-state index is -0.324. The fourth-order valence-electron chi connectivity index (χ4n) is 2.91. The van der Waals surface area contributed by atoms with Crippen molar-refractivity contribution >= 4 is 38.5 Å². The van der Waals surface area contributed by atoms with Crippen LogP contribution in [0.25, 0.3) is 21.3 Å². The third-order valence-electron chi connectivity index (χ3n) is 4.32. The van der Waals surface area contributed by atoms with E-state index in [1.165, 1.54) is 16.9 Å². The number of carbonyl (C=O) groups excluding carboxylic acids is 1. The van der Waals surface area contributed by atoms with Gasteiger partial charge in [0.25, 0.3) is 5.91 Å². The van der Waals surface area contributed by atoms with Gasteiger partial charge in [-0.15, -0.1) is 6.42 Å². The van der Waals surface area contributed by atoms with Crippen LogP contribution >= 0.6 is 11.3 Å². The number of thiazole rings is 1. The number of terminal acetylenes is 1. The minimum Gasteiger partial charge on any atom is -0.305 e. The van der Waals surface area contributed by atoms with Gasteiger partial charge in [-0.25, -0.2) is 0 Å². The monoisotopic (exact) mass is 372 g/mol. The summed E-state index contributed by atoms with van der Waals surface area (Å²) >= 11 is 1.47. The highest BCUT2D eigenvalue weighted by Gasteiger charge is 2.10. The summed E-state index contributed by atoms with van der Waals surface area (Å²) in [5.41, 5.74) is 4.11. The Bertz CT molecular complexity index is 1280. The summed E-state index contributed by atoms with van der Waals surface area (Å²) < 4.78 is 2.97. The zero-order valence-corrected chi connectivity index (χ0v) is 15.5. The second-order valence-electron chi connectivity index (χ2n) is 6.01. The van der Waals surface area contributed by atoms with Gasteiger partial charge in [-0.1, -0.05) is 30.2 Å². The highest BCUT2D eigenvalue weighted by atomic mass is 32.1. The summed E-state index contributed by atoms with van der Waals surface area (Å²) in [6, 6.07) is 11.5. The van der Waals surface area contributed by atoms with Crippen LogP contribution in [0.5, 0.6) is 0 Å². The van der Waals surface area contributed by atoms with Crippen molar-refractivity contribution in [2.24, 2.45) is 4.99 Å². The first kappa shape index (κ1) is 17.1. The van der Waals surface area contributed by atoms with E-state index in [4.69, 9.17) is 6.42 Å². The van der Waals surface area contributed by atoms with Crippen molar-refractivity contribution in [2.75, 3.05) is 0 Å². The molecule has 2 heterocycles. The molecule has 0 unspecified atom stereocenters. The molecule has 4 aromatic rings. The number of benzene rings is 2. The Kier molecular flexibility index (Phi) is 4.53. The Balaban J connectivity index is 1.83. The number of aromatic nitrogens is 3. The van der Waals surface area contributed by atoms with Crippen molar-refractivity contribution in [2.45, 2.75) is 19.9 Å². The van der Waals surface area contributed by atoms with Crippen LogP contribution < -0.4 is 4.80 Å².